The van der Waals surface area contributed by atoms with Crippen molar-refractivity contribution >= 4 is 5.78 Å². The number of halogens is 3. The number of aromatic nitrogens is 2. The SMILES string of the molecule is COc1nccnc1C(C)N1CCC(C(=O)Cc2ccccc2C(F)(F)F)CC1. The smallest absolute Gasteiger partial charge is 0.416 e. The van der Waals surface area contributed by atoms with Crippen LogP contribution < -0.4 is 4.74 Å². The highest BCUT2D eigenvalue weighted by Crippen LogP contribution is 2.34. The van der Waals surface area contributed by atoms with Crippen LogP contribution in [0.4, 0.5) is 13.2 Å². The standard InChI is InChI=1S/C21H24F3N3O2/c1-14(19-20(29-2)26-10-9-25-19)27-11-7-15(8-12-27)18(28)13-16-5-3-4-6-17(16)21(22,23)24/h3-6,9-10,14-15H,7-8,11-13H2,1-2H3. The number of rotatable bonds is 6. The Kier molecular flexibility index (Phi) is 6.52. The van der Waals surface area contributed by atoms with Crippen LogP contribution in [0.5, 0.6) is 5.88 Å². The van der Waals surface area contributed by atoms with Crippen LogP contribution in [0.25, 0.3) is 0 Å². The van der Waals surface area contributed by atoms with Crippen LogP contribution in [-0.4, -0.2) is 40.9 Å². The summed E-state index contributed by atoms with van der Waals surface area (Å²) in [6, 6.07) is 5.27. The molecule has 1 saturated heterocycles. The van der Waals surface area contributed by atoms with E-state index in [0.717, 1.165) is 11.8 Å². The second-order valence-electron chi connectivity index (χ2n) is 7.24. The minimum absolute atomic E-state index is 0.0272. The first-order valence-corrected chi connectivity index (χ1v) is 9.58. The number of piperidine rings is 1. The molecule has 1 aromatic carbocycles. The third-order valence-corrected chi connectivity index (χ3v) is 5.50. The molecule has 0 amide bonds. The minimum atomic E-state index is -4.45. The summed E-state index contributed by atoms with van der Waals surface area (Å²) in [5.74, 6) is 0.108. The van der Waals surface area contributed by atoms with Gasteiger partial charge in [-0.15, -0.1) is 0 Å². The number of hydrogen-bond acceptors (Lipinski definition) is 5. The quantitative estimate of drug-likeness (QED) is 0.722. The average Bonchev–Trinajstić information content (AvgIpc) is 2.73. The minimum Gasteiger partial charge on any atom is -0.480 e. The molecule has 29 heavy (non-hydrogen) atoms. The number of methoxy groups -OCH3 is 1. The van der Waals surface area contributed by atoms with Gasteiger partial charge in [-0.1, -0.05) is 18.2 Å². The lowest BCUT2D eigenvalue weighted by Crippen LogP contribution is -2.38. The molecular weight excluding hydrogens is 383 g/mol. The molecule has 0 bridgehead atoms. The maximum Gasteiger partial charge on any atom is 0.416 e. The number of benzene rings is 1. The summed E-state index contributed by atoms with van der Waals surface area (Å²) in [5, 5.41) is 0. The van der Waals surface area contributed by atoms with E-state index in [4.69, 9.17) is 4.74 Å². The van der Waals surface area contributed by atoms with Gasteiger partial charge >= 0.3 is 6.18 Å². The first kappa shape index (κ1) is 21.2. The van der Waals surface area contributed by atoms with E-state index in [0.29, 0.717) is 31.8 Å². The highest BCUT2D eigenvalue weighted by molar-refractivity contribution is 5.83. The zero-order chi connectivity index (χ0) is 21.0. The van der Waals surface area contributed by atoms with Crippen LogP contribution in [0.2, 0.25) is 0 Å². The van der Waals surface area contributed by atoms with Crippen LogP contribution in [0.3, 0.4) is 0 Å². The van der Waals surface area contributed by atoms with E-state index < -0.39 is 11.7 Å². The summed E-state index contributed by atoms with van der Waals surface area (Å²) < 4.78 is 44.8. The third kappa shape index (κ3) is 4.93. The number of likely N-dealkylation sites (tertiary alicyclic amines) is 1. The van der Waals surface area contributed by atoms with Crippen molar-refractivity contribution < 1.29 is 22.7 Å². The van der Waals surface area contributed by atoms with Gasteiger partial charge in [-0.2, -0.15) is 13.2 Å². The molecule has 0 radical (unpaired) electrons. The van der Waals surface area contributed by atoms with Crippen molar-refractivity contribution in [1.29, 1.82) is 0 Å². The molecule has 1 aliphatic heterocycles. The molecule has 1 unspecified atom stereocenters. The van der Waals surface area contributed by atoms with Gasteiger partial charge in [0.2, 0.25) is 5.88 Å². The molecule has 2 aromatic rings. The normalized spacial score (nSPS) is 17.1. The van der Waals surface area contributed by atoms with Gasteiger partial charge in [-0.05, 0) is 44.5 Å². The first-order valence-electron chi connectivity index (χ1n) is 9.58. The largest absolute Gasteiger partial charge is 0.480 e. The van der Waals surface area contributed by atoms with Crippen molar-refractivity contribution in [2.75, 3.05) is 20.2 Å². The van der Waals surface area contributed by atoms with Gasteiger partial charge in [0.1, 0.15) is 11.5 Å². The predicted molar refractivity (Wildman–Crippen MR) is 101 cm³/mol. The molecule has 3 rings (SSSR count). The van der Waals surface area contributed by atoms with Gasteiger partial charge in [0.25, 0.3) is 0 Å². The van der Waals surface area contributed by atoms with E-state index in [-0.39, 0.29) is 29.7 Å². The van der Waals surface area contributed by atoms with Crippen LogP contribution >= 0.6 is 0 Å². The van der Waals surface area contributed by atoms with Crippen molar-refractivity contribution in [3.05, 3.63) is 53.5 Å². The molecule has 8 heteroatoms. The number of Topliss-reactive ketones (excluding diaryl/α,β-unsaturated/α-hetero) is 1. The Morgan fingerprint density at radius 3 is 2.52 bits per heavy atom. The molecule has 0 spiro atoms. The fraction of sp³-hybridized carbons (Fsp3) is 0.476. The molecule has 156 valence electrons. The summed E-state index contributed by atoms with van der Waals surface area (Å²) in [5.41, 5.74) is 0.0538. The summed E-state index contributed by atoms with van der Waals surface area (Å²) in [4.78, 5) is 23.4. The summed E-state index contributed by atoms with van der Waals surface area (Å²) in [7, 11) is 1.55. The van der Waals surface area contributed by atoms with E-state index in [9.17, 15) is 18.0 Å². The number of ketones is 1. The second-order valence-corrected chi connectivity index (χ2v) is 7.24. The fourth-order valence-corrected chi connectivity index (χ4v) is 3.84. The van der Waals surface area contributed by atoms with Crippen LogP contribution in [-0.2, 0) is 17.4 Å². The fourth-order valence-electron chi connectivity index (χ4n) is 3.84. The zero-order valence-electron chi connectivity index (χ0n) is 16.4. The number of alkyl halides is 3. The summed E-state index contributed by atoms with van der Waals surface area (Å²) >= 11 is 0. The highest BCUT2D eigenvalue weighted by Gasteiger charge is 2.35. The molecule has 0 saturated carbocycles. The molecule has 1 fully saturated rings. The van der Waals surface area contributed by atoms with Crippen LogP contribution in [0.15, 0.2) is 36.7 Å². The molecule has 1 aliphatic rings. The van der Waals surface area contributed by atoms with Crippen molar-refractivity contribution in [2.45, 2.75) is 38.4 Å². The second kappa shape index (κ2) is 8.90. The van der Waals surface area contributed by atoms with E-state index >= 15 is 0 Å². The van der Waals surface area contributed by atoms with Gasteiger partial charge < -0.3 is 4.74 Å². The van der Waals surface area contributed by atoms with Crippen molar-refractivity contribution in [2.24, 2.45) is 5.92 Å². The summed E-state index contributed by atoms with van der Waals surface area (Å²) in [6.07, 6.45) is -0.235. The third-order valence-electron chi connectivity index (χ3n) is 5.50. The van der Waals surface area contributed by atoms with Crippen LogP contribution in [0, 0.1) is 5.92 Å². The monoisotopic (exact) mass is 407 g/mol. The molecule has 2 heterocycles. The van der Waals surface area contributed by atoms with Crippen molar-refractivity contribution in [3.8, 4) is 5.88 Å². The van der Waals surface area contributed by atoms with Gasteiger partial charge in [-0.3, -0.25) is 14.7 Å². The van der Waals surface area contributed by atoms with Gasteiger partial charge in [-0.25, -0.2) is 4.98 Å². The Balaban J connectivity index is 1.62. The van der Waals surface area contributed by atoms with Gasteiger partial charge in [0.05, 0.1) is 18.7 Å². The van der Waals surface area contributed by atoms with Gasteiger partial charge in [0, 0.05) is 24.7 Å². The molecule has 5 nitrogen and oxygen atoms in total. The molecule has 0 N–H and O–H groups in total. The molecule has 0 aliphatic carbocycles. The Labute approximate surface area is 167 Å². The van der Waals surface area contributed by atoms with E-state index in [1.165, 1.54) is 18.2 Å². The number of hydrogen-bond donors (Lipinski definition) is 0. The Hall–Kier alpha value is -2.48. The maximum atomic E-state index is 13.2. The zero-order valence-corrected chi connectivity index (χ0v) is 16.4. The van der Waals surface area contributed by atoms with Crippen LogP contribution in [0.1, 0.15) is 42.6 Å². The number of nitrogens with zero attached hydrogens (tertiary/aromatic N) is 3. The average molecular weight is 407 g/mol. The Bertz CT molecular complexity index is 849. The highest BCUT2D eigenvalue weighted by atomic mass is 19.4. The van der Waals surface area contributed by atoms with E-state index in [1.54, 1.807) is 19.5 Å². The molecule has 1 atom stereocenters. The number of ether oxygens (including phenoxy) is 1. The molecule has 1 aromatic heterocycles. The number of carbonyl (C=O) groups excluding carboxylic acids is 1. The lowest BCUT2D eigenvalue weighted by atomic mass is 9.87. The van der Waals surface area contributed by atoms with Crippen molar-refractivity contribution in [1.82, 2.24) is 14.9 Å². The van der Waals surface area contributed by atoms with E-state index in [2.05, 4.69) is 14.9 Å². The van der Waals surface area contributed by atoms with E-state index in [1.807, 2.05) is 6.92 Å². The molecular formula is C21H24F3N3O2. The first-order chi connectivity index (χ1) is 13.8. The topological polar surface area (TPSA) is 55.3 Å². The Morgan fingerprint density at radius 2 is 1.86 bits per heavy atom. The lowest BCUT2D eigenvalue weighted by Gasteiger charge is -2.35. The number of carbonyl (C=O) groups is 1. The predicted octanol–water partition coefficient (Wildman–Crippen LogP) is 4.09. The van der Waals surface area contributed by atoms with Crippen molar-refractivity contribution in [3.63, 3.8) is 0 Å². The maximum absolute atomic E-state index is 13.2. The Morgan fingerprint density at radius 1 is 1.21 bits per heavy atom. The lowest BCUT2D eigenvalue weighted by molar-refractivity contribution is -0.138. The van der Waals surface area contributed by atoms with Gasteiger partial charge in [0.15, 0.2) is 0 Å². The summed E-state index contributed by atoms with van der Waals surface area (Å²) in [6.45, 7) is 3.34.